The van der Waals surface area contributed by atoms with E-state index in [9.17, 15) is 4.39 Å². The lowest BCUT2D eigenvalue weighted by Crippen LogP contribution is -2.27. The Bertz CT molecular complexity index is 371. The average Bonchev–Trinajstić information content (AvgIpc) is 2.19. The van der Waals surface area contributed by atoms with Crippen LogP contribution in [0.2, 0.25) is 0 Å². The number of nitrogens with zero attached hydrogens (tertiary/aromatic N) is 1. The van der Waals surface area contributed by atoms with Gasteiger partial charge >= 0.3 is 0 Å². The summed E-state index contributed by atoms with van der Waals surface area (Å²) < 4.78 is 13.7. The molecule has 0 fully saturated rings. The second kappa shape index (κ2) is 3.84. The highest BCUT2D eigenvalue weighted by molar-refractivity contribution is 5.62. The molecule has 82 valence electrons. The van der Waals surface area contributed by atoms with Crippen molar-refractivity contribution in [3.63, 3.8) is 0 Å². The Balaban J connectivity index is 2.60. The molecule has 0 saturated carbocycles. The fourth-order valence-corrected chi connectivity index (χ4v) is 2.39. The zero-order valence-corrected chi connectivity index (χ0v) is 9.68. The van der Waals surface area contributed by atoms with Gasteiger partial charge in [-0.05, 0) is 30.4 Å². The molecular weight excluding hydrogens is 189 g/mol. The van der Waals surface area contributed by atoms with E-state index in [4.69, 9.17) is 0 Å². The van der Waals surface area contributed by atoms with Crippen LogP contribution in [0.4, 0.5) is 10.1 Å². The molecule has 0 radical (unpaired) electrons. The lowest BCUT2D eigenvalue weighted by molar-refractivity contribution is 0.591. The minimum Gasteiger partial charge on any atom is -0.374 e. The van der Waals surface area contributed by atoms with Crippen molar-refractivity contribution in [3.05, 3.63) is 29.1 Å². The summed E-state index contributed by atoms with van der Waals surface area (Å²) in [5.41, 5.74) is 3.32. The van der Waals surface area contributed by atoms with Crippen molar-refractivity contribution in [2.45, 2.75) is 32.6 Å². The lowest BCUT2D eigenvalue weighted by Gasteiger charge is -2.31. The molecule has 0 spiro atoms. The maximum absolute atomic E-state index is 13.7. The predicted octanol–water partition coefficient (Wildman–Crippen LogP) is 3.33. The fourth-order valence-electron chi connectivity index (χ4n) is 2.39. The Kier molecular flexibility index (Phi) is 2.68. The number of hydrogen-bond donors (Lipinski definition) is 0. The van der Waals surface area contributed by atoms with Crippen LogP contribution in [0.3, 0.4) is 0 Å². The van der Waals surface area contributed by atoms with Gasteiger partial charge in [0.1, 0.15) is 5.82 Å². The topological polar surface area (TPSA) is 3.24 Å². The Labute approximate surface area is 90.9 Å². The van der Waals surface area contributed by atoms with Crippen LogP contribution in [0.1, 0.15) is 37.3 Å². The third-order valence-corrected chi connectivity index (χ3v) is 3.18. The summed E-state index contributed by atoms with van der Waals surface area (Å²) in [6, 6.07) is 3.55. The summed E-state index contributed by atoms with van der Waals surface area (Å²) in [4.78, 5) is 2.19. The fraction of sp³-hybridized carbons (Fsp3) is 0.538. The molecule has 1 aliphatic rings. The van der Waals surface area contributed by atoms with E-state index in [0.29, 0.717) is 5.92 Å². The van der Waals surface area contributed by atoms with Gasteiger partial charge in [0.05, 0.1) is 0 Å². The second-order valence-electron chi connectivity index (χ2n) is 4.64. The van der Waals surface area contributed by atoms with Crippen LogP contribution in [0.15, 0.2) is 12.1 Å². The van der Waals surface area contributed by atoms with Crippen LogP contribution in [-0.2, 0) is 6.42 Å². The highest BCUT2D eigenvalue weighted by Gasteiger charge is 2.21. The molecule has 1 heterocycles. The van der Waals surface area contributed by atoms with E-state index in [1.807, 2.05) is 6.07 Å². The van der Waals surface area contributed by atoms with Crippen molar-refractivity contribution in [1.82, 2.24) is 0 Å². The summed E-state index contributed by atoms with van der Waals surface area (Å²) in [5, 5.41) is 0. The third-order valence-electron chi connectivity index (χ3n) is 3.18. The normalized spacial score (nSPS) is 15.7. The monoisotopic (exact) mass is 207 g/mol. The van der Waals surface area contributed by atoms with Crippen LogP contribution in [0.25, 0.3) is 0 Å². The molecule has 0 atom stereocenters. The van der Waals surface area contributed by atoms with Gasteiger partial charge in [0.25, 0.3) is 0 Å². The Morgan fingerprint density at radius 1 is 1.33 bits per heavy atom. The number of rotatable bonds is 1. The second-order valence-corrected chi connectivity index (χ2v) is 4.64. The van der Waals surface area contributed by atoms with Gasteiger partial charge in [0.15, 0.2) is 0 Å². The molecule has 0 aliphatic carbocycles. The Hall–Kier alpha value is -1.05. The largest absolute Gasteiger partial charge is 0.374 e. The van der Waals surface area contributed by atoms with Crippen LogP contribution in [0, 0.1) is 5.82 Å². The maximum atomic E-state index is 13.7. The van der Waals surface area contributed by atoms with Gasteiger partial charge in [-0.3, -0.25) is 0 Å². The number of halogens is 1. The quantitative estimate of drug-likeness (QED) is 0.682. The van der Waals surface area contributed by atoms with Crippen LogP contribution >= 0.6 is 0 Å². The van der Waals surface area contributed by atoms with Crippen molar-refractivity contribution in [2.75, 3.05) is 18.5 Å². The predicted molar refractivity (Wildman–Crippen MR) is 62.1 cm³/mol. The van der Waals surface area contributed by atoms with E-state index in [-0.39, 0.29) is 5.82 Å². The Morgan fingerprint density at radius 3 is 2.73 bits per heavy atom. The van der Waals surface area contributed by atoms with Crippen molar-refractivity contribution in [2.24, 2.45) is 0 Å². The molecule has 1 aliphatic heterocycles. The highest BCUT2D eigenvalue weighted by atomic mass is 19.1. The summed E-state index contributed by atoms with van der Waals surface area (Å²) in [6.45, 7) is 5.36. The first-order chi connectivity index (χ1) is 7.11. The minimum atomic E-state index is -0.0408. The third kappa shape index (κ3) is 1.73. The average molecular weight is 207 g/mol. The molecule has 0 amide bonds. The van der Waals surface area contributed by atoms with Gasteiger partial charge < -0.3 is 4.90 Å². The molecule has 15 heavy (non-hydrogen) atoms. The van der Waals surface area contributed by atoms with Crippen LogP contribution < -0.4 is 4.90 Å². The summed E-state index contributed by atoms with van der Waals surface area (Å²) in [5.74, 6) is 0.417. The number of hydrogen-bond acceptors (Lipinski definition) is 1. The first-order valence-electron chi connectivity index (χ1n) is 5.63. The van der Waals surface area contributed by atoms with Crippen LogP contribution in [-0.4, -0.2) is 13.6 Å². The molecule has 0 unspecified atom stereocenters. The molecule has 0 N–H and O–H groups in total. The summed E-state index contributed by atoms with van der Waals surface area (Å²) >= 11 is 0. The zero-order chi connectivity index (χ0) is 11.0. The van der Waals surface area contributed by atoms with Crippen molar-refractivity contribution in [3.8, 4) is 0 Å². The van der Waals surface area contributed by atoms with Gasteiger partial charge in [-0.2, -0.15) is 0 Å². The number of anilines is 1. The molecular formula is C13H18FN. The van der Waals surface area contributed by atoms with Crippen LogP contribution in [0.5, 0.6) is 0 Å². The molecule has 2 rings (SSSR count). The summed E-state index contributed by atoms with van der Waals surface area (Å²) in [7, 11) is 2.06. The van der Waals surface area contributed by atoms with Gasteiger partial charge in [-0.25, -0.2) is 4.39 Å². The minimum absolute atomic E-state index is 0.0408. The van der Waals surface area contributed by atoms with Gasteiger partial charge in [-0.1, -0.05) is 19.9 Å². The highest BCUT2D eigenvalue weighted by Crippen LogP contribution is 2.35. The molecule has 0 aromatic heterocycles. The molecule has 0 saturated heterocycles. The van der Waals surface area contributed by atoms with Gasteiger partial charge in [0, 0.05) is 24.8 Å². The smallest absolute Gasteiger partial charge is 0.128 e. The zero-order valence-electron chi connectivity index (χ0n) is 9.68. The van der Waals surface area contributed by atoms with E-state index in [1.165, 1.54) is 5.56 Å². The standard InChI is InChI=1S/C13H18FN/c1-9(2)10-6-7-12(14)11-5-4-8-15(3)13(10)11/h6-7,9H,4-5,8H2,1-3H3. The number of benzene rings is 1. The van der Waals surface area contributed by atoms with E-state index in [1.54, 1.807) is 6.07 Å². The van der Waals surface area contributed by atoms with E-state index in [0.717, 1.165) is 30.6 Å². The summed E-state index contributed by atoms with van der Waals surface area (Å²) in [6.07, 6.45) is 1.94. The Morgan fingerprint density at radius 2 is 2.07 bits per heavy atom. The first-order valence-corrected chi connectivity index (χ1v) is 5.63. The SMILES string of the molecule is CC(C)c1ccc(F)c2c1N(C)CCC2. The van der Waals surface area contributed by atoms with Gasteiger partial charge in [-0.15, -0.1) is 0 Å². The molecule has 1 nitrogen and oxygen atoms in total. The van der Waals surface area contributed by atoms with E-state index < -0.39 is 0 Å². The van der Waals surface area contributed by atoms with Crippen molar-refractivity contribution >= 4 is 5.69 Å². The molecule has 1 aromatic rings. The van der Waals surface area contributed by atoms with E-state index >= 15 is 0 Å². The van der Waals surface area contributed by atoms with E-state index in [2.05, 4.69) is 25.8 Å². The lowest BCUT2D eigenvalue weighted by atomic mass is 9.92. The maximum Gasteiger partial charge on any atom is 0.128 e. The molecule has 0 bridgehead atoms. The molecule has 2 heteroatoms. The first kappa shape index (κ1) is 10.5. The number of fused-ring (bicyclic) bond motifs is 1. The molecule has 1 aromatic carbocycles. The van der Waals surface area contributed by atoms with Crippen molar-refractivity contribution < 1.29 is 4.39 Å². The van der Waals surface area contributed by atoms with Gasteiger partial charge in [0.2, 0.25) is 0 Å². The van der Waals surface area contributed by atoms with Crippen molar-refractivity contribution in [1.29, 1.82) is 0 Å².